The van der Waals surface area contributed by atoms with Crippen LogP contribution >= 0.6 is 11.3 Å². The van der Waals surface area contributed by atoms with E-state index in [1.54, 1.807) is 36.6 Å². The molecule has 8 nitrogen and oxygen atoms in total. The van der Waals surface area contributed by atoms with Gasteiger partial charge in [-0.3, -0.25) is 9.59 Å². The molecule has 3 aromatic heterocycles. The molecule has 2 fully saturated rings. The molecule has 3 aliphatic rings. The predicted molar refractivity (Wildman–Crippen MR) is 166 cm³/mol. The summed E-state index contributed by atoms with van der Waals surface area (Å²) in [5.74, 6) is 0.906. The van der Waals surface area contributed by atoms with Gasteiger partial charge in [0.15, 0.2) is 0 Å². The number of halogens is 1. The average Bonchev–Trinajstić information content (AvgIpc) is 3.72. The van der Waals surface area contributed by atoms with E-state index in [0.717, 1.165) is 31.9 Å². The van der Waals surface area contributed by atoms with Gasteiger partial charge in [0.2, 0.25) is 0 Å². The smallest absolute Gasteiger partial charge is 0.271 e. The minimum absolute atomic E-state index is 0.149. The fourth-order valence-corrected chi connectivity index (χ4v) is 7.86. The zero-order valence-corrected chi connectivity index (χ0v) is 24.5. The first kappa shape index (κ1) is 26.9. The SMILES string of the molecule is Cc1c(-c2c[nH]c(=O)c(Nc3ccc(N4CCN(C)CC4)cn3)c2)ccc(F)c1NC(=O)c1cc2c(s1)C1CCC2C1. The third-order valence-electron chi connectivity index (χ3n) is 9.00. The van der Waals surface area contributed by atoms with Crippen molar-refractivity contribution in [1.82, 2.24) is 14.9 Å². The molecule has 1 aromatic carbocycles. The largest absolute Gasteiger partial charge is 0.368 e. The molecule has 2 aliphatic carbocycles. The number of rotatable bonds is 6. The molecule has 2 unspecified atom stereocenters. The lowest BCUT2D eigenvalue weighted by atomic mass is 9.98. The van der Waals surface area contributed by atoms with Gasteiger partial charge in [0.1, 0.15) is 17.3 Å². The van der Waals surface area contributed by atoms with Gasteiger partial charge in [-0.1, -0.05) is 6.07 Å². The maximum Gasteiger partial charge on any atom is 0.271 e. The molecular weight excluding hydrogens is 551 g/mol. The summed E-state index contributed by atoms with van der Waals surface area (Å²) in [4.78, 5) is 39.8. The van der Waals surface area contributed by atoms with E-state index in [1.807, 2.05) is 24.4 Å². The number of hydrogen-bond acceptors (Lipinski definition) is 7. The Hall–Kier alpha value is -4.02. The van der Waals surface area contributed by atoms with Gasteiger partial charge in [-0.15, -0.1) is 11.3 Å². The summed E-state index contributed by atoms with van der Waals surface area (Å²) in [6.07, 6.45) is 7.01. The Morgan fingerprint density at radius 3 is 2.67 bits per heavy atom. The first-order chi connectivity index (χ1) is 20.3. The summed E-state index contributed by atoms with van der Waals surface area (Å²) >= 11 is 1.55. The van der Waals surface area contributed by atoms with Gasteiger partial charge < -0.3 is 25.4 Å². The van der Waals surface area contributed by atoms with Crippen molar-refractivity contribution >= 4 is 40.1 Å². The van der Waals surface area contributed by atoms with E-state index in [-0.39, 0.29) is 17.2 Å². The lowest BCUT2D eigenvalue weighted by Gasteiger charge is -2.33. The first-order valence-electron chi connectivity index (χ1n) is 14.5. The number of carbonyl (C=O) groups is 1. The number of aromatic amines is 1. The Morgan fingerprint density at radius 1 is 1.10 bits per heavy atom. The molecule has 1 saturated carbocycles. The molecular formula is C32H33FN6O2S. The monoisotopic (exact) mass is 584 g/mol. The van der Waals surface area contributed by atoms with Crippen molar-refractivity contribution in [2.75, 3.05) is 48.8 Å². The van der Waals surface area contributed by atoms with E-state index in [4.69, 9.17) is 0 Å². The van der Waals surface area contributed by atoms with Crippen molar-refractivity contribution in [3.8, 4) is 11.1 Å². The molecule has 3 N–H and O–H groups in total. The molecule has 0 spiro atoms. The fraction of sp³-hybridized carbons (Fsp3) is 0.344. The first-order valence-corrected chi connectivity index (χ1v) is 15.3. The van der Waals surface area contributed by atoms with Crippen LogP contribution in [0.5, 0.6) is 0 Å². The highest BCUT2D eigenvalue weighted by Crippen LogP contribution is 2.56. The molecule has 42 heavy (non-hydrogen) atoms. The van der Waals surface area contributed by atoms with Crippen molar-refractivity contribution in [2.45, 2.75) is 38.0 Å². The zero-order valence-electron chi connectivity index (χ0n) is 23.7. The molecule has 4 heterocycles. The minimum Gasteiger partial charge on any atom is -0.368 e. The number of aromatic nitrogens is 2. The van der Waals surface area contributed by atoms with E-state index >= 15 is 4.39 Å². The summed E-state index contributed by atoms with van der Waals surface area (Å²) < 4.78 is 15.0. The normalized spacial score (nSPS) is 19.6. The zero-order chi connectivity index (χ0) is 29.0. The molecule has 216 valence electrons. The number of likely N-dealkylation sites (N-methyl/N-ethyl adjacent to an activating group) is 1. The van der Waals surface area contributed by atoms with E-state index in [9.17, 15) is 9.59 Å². The van der Waals surface area contributed by atoms with Crippen LogP contribution in [0.4, 0.5) is 27.3 Å². The summed E-state index contributed by atoms with van der Waals surface area (Å²) in [5.41, 5.74) is 4.51. The number of amides is 1. The number of benzene rings is 1. The van der Waals surface area contributed by atoms with Crippen LogP contribution in [0.3, 0.4) is 0 Å². The van der Waals surface area contributed by atoms with Crippen molar-refractivity contribution in [1.29, 1.82) is 0 Å². The van der Waals surface area contributed by atoms with Crippen LogP contribution in [0.25, 0.3) is 11.1 Å². The molecule has 1 amide bonds. The van der Waals surface area contributed by atoms with Gasteiger partial charge in [0.25, 0.3) is 11.5 Å². The van der Waals surface area contributed by atoms with Crippen molar-refractivity contribution in [3.63, 3.8) is 0 Å². The highest BCUT2D eigenvalue weighted by molar-refractivity contribution is 7.14. The quantitative estimate of drug-likeness (QED) is 0.255. The predicted octanol–water partition coefficient (Wildman–Crippen LogP) is 6.06. The number of carbonyl (C=O) groups excluding carboxylic acids is 1. The van der Waals surface area contributed by atoms with Crippen LogP contribution < -0.4 is 21.1 Å². The maximum absolute atomic E-state index is 15.0. The van der Waals surface area contributed by atoms with E-state index in [2.05, 4.69) is 37.4 Å². The van der Waals surface area contributed by atoms with Gasteiger partial charge in [-0.2, -0.15) is 0 Å². The number of nitrogens with zero attached hydrogens (tertiary/aromatic N) is 3. The van der Waals surface area contributed by atoms with Crippen LogP contribution in [0.1, 0.15) is 56.8 Å². The lowest BCUT2D eigenvalue weighted by molar-refractivity contribution is 0.103. The number of piperazine rings is 1. The second kappa shape index (κ2) is 10.7. The van der Waals surface area contributed by atoms with Crippen LogP contribution in [-0.4, -0.2) is 54.0 Å². The lowest BCUT2D eigenvalue weighted by Crippen LogP contribution is -2.44. The topological polar surface area (TPSA) is 93.4 Å². The third-order valence-corrected chi connectivity index (χ3v) is 10.3. The fourth-order valence-electron chi connectivity index (χ4n) is 6.57. The Kier molecular flexibility index (Phi) is 6.82. The highest BCUT2D eigenvalue weighted by atomic mass is 32.1. The summed E-state index contributed by atoms with van der Waals surface area (Å²) in [7, 11) is 2.12. The van der Waals surface area contributed by atoms with E-state index < -0.39 is 5.82 Å². The third kappa shape index (κ3) is 4.88. The van der Waals surface area contributed by atoms with Crippen molar-refractivity contribution in [3.05, 3.63) is 85.8 Å². The standard InChI is InChI=1S/C32H33FN6O2S/c1-18-23(6-7-25(33)29(18)37-32(41)27-15-24-19-3-4-20(13-19)30(24)42-27)21-14-26(31(40)35-16-21)36-28-8-5-22(17-34-28)39-11-9-38(2)10-12-39/h5-8,14-17,19-20H,3-4,9-13H2,1-2H3,(H,34,36)(H,35,40)(H,37,41). The highest BCUT2D eigenvalue weighted by Gasteiger charge is 2.39. The van der Waals surface area contributed by atoms with Gasteiger partial charge in [0, 0.05) is 42.8 Å². The number of anilines is 4. The average molecular weight is 585 g/mol. The van der Waals surface area contributed by atoms with Gasteiger partial charge in [0.05, 0.1) is 22.4 Å². The molecule has 0 radical (unpaired) electrons. The number of H-pyrrole nitrogens is 1. The maximum atomic E-state index is 15.0. The van der Waals surface area contributed by atoms with E-state index in [1.165, 1.54) is 35.8 Å². The summed E-state index contributed by atoms with van der Waals surface area (Å²) in [6, 6.07) is 10.6. The number of hydrogen-bond donors (Lipinski definition) is 3. The second-order valence-electron chi connectivity index (χ2n) is 11.6. The molecule has 2 atom stereocenters. The van der Waals surface area contributed by atoms with Crippen molar-refractivity contribution < 1.29 is 9.18 Å². The summed E-state index contributed by atoms with van der Waals surface area (Å²) in [5, 5.41) is 5.96. The van der Waals surface area contributed by atoms with Crippen LogP contribution in [0.2, 0.25) is 0 Å². The molecule has 1 saturated heterocycles. The Bertz CT molecular complexity index is 1700. The van der Waals surface area contributed by atoms with Gasteiger partial charge in [-0.25, -0.2) is 9.37 Å². The molecule has 10 heteroatoms. The number of nitrogens with one attached hydrogen (secondary N) is 3. The molecule has 2 bridgehead atoms. The van der Waals surface area contributed by atoms with Crippen LogP contribution in [0.15, 0.2) is 53.6 Å². The second-order valence-corrected chi connectivity index (χ2v) is 12.7. The molecule has 7 rings (SSSR count). The molecule has 1 aliphatic heterocycles. The Balaban J connectivity index is 1.11. The van der Waals surface area contributed by atoms with Gasteiger partial charge >= 0.3 is 0 Å². The Labute approximate surface area is 247 Å². The Morgan fingerprint density at radius 2 is 1.90 bits per heavy atom. The minimum atomic E-state index is -0.499. The van der Waals surface area contributed by atoms with E-state index in [0.29, 0.717) is 44.9 Å². The number of pyridine rings is 2. The number of fused-ring (bicyclic) bond motifs is 5. The summed E-state index contributed by atoms with van der Waals surface area (Å²) in [6.45, 7) is 5.69. The molecule has 4 aromatic rings. The van der Waals surface area contributed by atoms with Gasteiger partial charge in [-0.05, 0) is 92.1 Å². The van der Waals surface area contributed by atoms with Crippen molar-refractivity contribution in [2.24, 2.45) is 0 Å². The van der Waals surface area contributed by atoms with Crippen LogP contribution in [0, 0.1) is 12.7 Å². The number of thiophene rings is 1. The van der Waals surface area contributed by atoms with Crippen LogP contribution in [-0.2, 0) is 0 Å².